The fraction of sp³-hybridized carbons (Fsp3) is 0.143. The molecule has 0 saturated heterocycles. The van der Waals surface area contributed by atoms with Gasteiger partial charge in [0.1, 0.15) is 24.2 Å². The van der Waals surface area contributed by atoms with Gasteiger partial charge in [-0.2, -0.15) is 5.26 Å². The van der Waals surface area contributed by atoms with Crippen LogP contribution in [0.4, 0.5) is 5.69 Å². The number of nitrogens with zero attached hydrogens (tertiary/aromatic N) is 2. The molecule has 2 aromatic carbocycles. The highest BCUT2D eigenvalue weighted by atomic mass is 16.5. The fourth-order valence-electron chi connectivity index (χ4n) is 2.75. The van der Waals surface area contributed by atoms with E-state index in [2.05, 4.69) is 0 Å². The molecule has 0 aliphatic rings. The van der Waals surface area contributed by atoms with Gasteiger partial charge in [0.2, 0.25) is 0 Å². The van der Waals surface area contributed by atoms with E-state index in [0.717, 1.165) is 11.3 Å². The van der Waals surface area contributed by atoms with Gasteiger partial charge in [0, 0.05) is 11.9 Å². The van der Waals surface area contributed by atoms with Gasteiger partial charge in [-0.05, 0) is 42.0 Å². The van der Waals surface area contributed by atoms with Crippen LogP contribution in [-0.2, 0) is 11.3 Å². The summed E-state index contributed by atoms with van der Waals surface area (Å²) in [6, 6.07) is 16.7. The van der Waals surface area contributed by atoms with Crippen LogP contribution in [-0.4, -0.2) is 24.8 Å². The first-order valence-electron chi connectivity index (χ1n) is 8.42. The maximum atomic E-state index is 12.1. The molecule has 3 aromatic rings. The van der Waals surface area contributed by atoms with Crippen molar-refractivity contribution < 1.29 is 19.0 Å². The zero-order chi connectivity index (χ0) is 20.1. The van der Waals surface area contributed by atoms with Gasteiger partial charge in [0.05, 0.1) is 25.5 Å². The highest BCUT2D eigenvalue weighted by Gasteiger charge is 2.21. The topological polar surface area (TPSA) is 99.5 Å². The molecule has 0 unspecified atom stereocenters. The number of benzene rings is 2. The molecular formula is C21H19N3O4. The van der Waals surface area contributed by atoms with Crippen LogP contribution in [0, 0.1) is 11.3 Å². The van der Waals surface area contributed by atoms with Gasteiger partial charge in [-0.15, -0.1) is 0 Å². The molecular weight excluding hydrogens is 358 g/mol. The molecule has 28 heavy (non-hydrogen) atoms. The second-order valence-corrected chi connectivity index (χ2v) is 5.91. The van der Waals surface area contributed by atoms with E-state index >= 15 is 0 Å². The molecule has 7 nitrogen and oxygen atoms in total. The number of nitriles is 1. The van der Waals surface area contributed by atoms with Gasteiger partial charge in [-0.1, -0.05) is 12.1 Å². The van der Waals surface area contributed by atoms with Crippen molar-refractivity contribution in [2.24, 2.45) is 0 Å². The van der Waals surface area contributed by atoms with Crippen LogP contribution in [0.5, 0.6) is 11.5 Å². The van der Waals surface area contributed by atoms with Gasteiger partial charge in [0.15, 0.2) is 5.69 Å². The number of anilines is 1. The van der Waals surface area contributed by atoms with E-state index in [1.54, 1.807) is 11.7 Å². The number of aromatic nitrogens is 1. The Bertz CT molecular complexity index is 1030. The monoisotopic (exact) mass is 377 g/mol. The lowest BCUT2D eigenvalue weighted by molar-refractivity contribution is 0.0593. The number of rotatable bonds is 6. The van der Waals surface area contributed by atoms with Crippen LogP contribution in [0.1, 0.15) is 21.6 Å². The molecule has 1 aromatic heterocycles. The first-order valence-corrected chi connectivity index (χ1v) is 8.42. The molecule has 3 rings (SSSR count). The van der Waals surface area contributed by atoms with E-state index in [-0.39, 0.29) is 16.9 Å². The van der Waals surface area contributed by atoms with Gasteiger partial charge in [-0.3, -0.25) is 0 Å². The van der Waals surface area contributed by atoms with Crippen molar-refractivity contribution in [3.63, 3.8) is 0 Å². The van der Waals surface area contributed by atoms with Crippen LogP contribution in [0.2, 0.25) is 0 Å². The lowest BCUT2D eigenvalue weighted by Crippen LogP contribution is -2.11. The molecule has 0 aliphatic heterocycles. The van der Waals surface area contributed by atoms with Gasteiger partial charge < -0.3 is 24.5 Å². The van der Waals surface area contributed by atoms with Crippen molar-refractivity contribution in [3.8, 4) is 23.3 Å². The predicted octanol–water partition coefficient (Wildman–Crippen LogP) is 3.31. The van der Waals surface area contributed by atoms with Crippen molar-refractivity contribution in [3.05, 3.63) is 71.5 Å². The third kappa shape index (κ3) is 3.76. The molecule has 0 atom stereocenters. The first-order chi connectivity index (χ1) is 13.6. The summed E-state index contributed by atoms with van der Waals surface area (Å²) in [7, 11) is 2.87. The summed E-state index contributed by atoms with van der Waals surface area (Å²) in [6.45, 7) is 0.329. The Morgan fingerprint density at radius 1 is 1.14 bits per heavy atom. The second kappa shape index (κ2) is 8.18. The maximum absolute atomic E-state index is 12.1. The van der Waals surface area contributed by atoms with E-state index in [0.29, 0.717) is 18.0 Å². The van der Waals surface area contributed by atoms with Crippen LogP contribution in [0.25, 0.3) is 5.69 Å². The Balaban J connectivity index is 1.87. The molecule has 0 radical (unpaired) electrons. The van der Waals surface area contributed by atoms with Crippen LogP contribution in [0.15, 0.2) is 54.7 Å². The van der Waals surface area contributed by atoms with Crippen molar-refractivity contribution in [1.29, 1.82) is 5.26 Å². The van der Waals surface area contributed by atoms with Gasteiger partial charge in [-0.25, -0.2) is 4.79 Å². The minimum atomic E-state index is -0.612. The summed E-state index contributed by atoms with van der Waals surface area (Å²) in [4.78, 5) is 12.1. The third-order valence-electron chi connectivity index (χ3n) is 4.20. The average molecular weight is 377 g/mol. The smallest absolute Gasteiger partial charge is 0.357 e. The van der Waals surface area contributed by atoms with Crippen molar-refractivity contribution in [2.75, 3.05) is 20.0 Å². The Hall–Kier alpha value is -3.92. The molecule has 0 fully saturated rings. The van der Waals surface area contributed by atoms with Crippen LogP contribution >= 0.6 is 0 Å². The second-order valence-electron chi connectivity index (χ2n) is 5.91. The quantitative estimate of drug-likeness (QED) is 0.662. The van der Waals surface area contributed by atoms with Crippen molar-refractivity contribution >= 4 is 11.7 Å². The lowest BCUT2D eigenvalue weighted by atomic mass is 10.2. The molecule has 2 N–H and O–H groups in total. The summed E-state index contributed by atoms with van der Waals surface area (Å²) in [5.41, 5.74) is 7.92. The highest BCUT2D eigenvalue weighted by molar-refractivity contribution is 5.95. The number of nitrogens with two attached hydrogens (primary N) is 1. The number of hydrogen-bond acceptors (Lipinski definition) is 6. The molecule has 0 amide bonds. The van der Waals surface area contributed by atoms with E-state index in [1.807, 2.05) is 54.6 Å². The number of nitrogen functional groups attached to an aromatic ring is 1. The van der Waals surface area contributed by atoms with Gasteiger partial charge in [0.25, 0.3) is 0 Å². The normalized spacial score (nSPS) is 10.2. The third-order valence-corrected chi connectivity index (χ3v) is 4.20. The Kier molecular flexibility index (Phi) is 5.51. The van der Waals surface area contributed by atoms with E-state index in [9.17, 15) is 10.1 Å². The lowest BCUT2D eigenvalue weighted by Gasteiger charge is -2.11. The van der Waals surface area contributed by atoms with Crippen molar-refractivity contribution in [1.82, 2.24) is 4.57 Å². The molecule has 0 spiro atoms. The number of methoxy groups -OCH3 is 2. The zero-order valence-electron chi connectivity index (χ0n) is 15.5. The maximum Gasteiger partial charge on any atom is 0.357 e. The number of hydrogen-bond donors (Lipinski definition) is 1. The molecule has 0 bridgehead atoms. The van der Waals surface area contributed by atoms with Crippen molar-refractivity contribution in [2.45, 2.75) is 6.61 Å². The molecule has 0 aliphatic carbocycles. The zero-order valence-corrected chi connectivity index (χ0v) is 15.5. The fourth-order valence-corrected chi connectivity index (χ4v) is 2.75. The van der Waals surface area contributed by atoms with Crippen LogP contribution < -0.4 is 15.2 Å². The largest absolute Gasteiger partial charge is 0.497 e. The van der Waals surface area contributed by atoms with E-state index in [4.69, 9.17) is 19.9 Å². The summed E-state index contributed by atoms with van der Waals surface area (Å²) >= 11 is 0. The average Bonchev–Trinajstić information content (AvgIpc) is 3.08. The minimum Gasteiger partial charge on any atom is -0.497 e. The molecule has 142 valence electrons. The molecule has 0 saturated carbocycles. The summed E-state index contributed by atoms with van der Waals surface area (Å²) < 4.78 is 17.3. The highest BCUT2D eigenvalue weighted by Crippen LogP contribution is 2.25. The first kappa shape index (κ1) is 18.9. The summed E-state index contributed by atoms with van der Waals surface area (Å²) in [5.74, 6) is 0.848. The van der Waals surface area contributed by atoms with Gasteiger partial charge >= 0.3 is 5.97 Å². The number of carbonyl (C=O) groups is 1. The standard InChI is InChI=1S/C21H19N3O4/c1-26-17-6-8-18(9-7-17)28-13-14-4-3-5-16(10-14)24-12-15(11-22)19(23)20(24)21(25)27-2/h3-10,12H,13,23H2,1-2H3. The number of carbonyl (C=O) groups excluding carboxylic acids is 1. The van der Waals surface area contributed by atoms with E-state index in [1.165, 1.54) is 13.3 Å². The predicted molar refractivity (Wildman–Crippen MR) is 104 cm³/mol. The Morgan fingerprint density at radius 3 is 2.50 bits per heavy atom. The number of esters is 1. The SMILES string of the molecule is COC(=O)c1c(N)c(C#N)cn1-c1cccc(COc2ccc(OC)cc2)c1. The minimum absolute atomic E-state index is 0.0919. The molecule has 7 heteroatoms. The van der Waals surface area contributed by atoms with E-state index < -0.39 is 5.97 Å². The summed E-state index contributed by atoms with van der Waals surface area (Å²) in [6.07, 6.45) is 1.52. The Morgan fingerprint density at radius 2 is 1.86 bits per heavy atom. The van der Waals surface area contributed by atoms with Crippen LogP contribution in [0.3, 0.4) is 0 Å². The number of ether oxygens (including phenoxy) is 3. The Labute approximate surface area is 162 Å². The molecule has 1 heterocycles. The summed E-state index contributed by atoms with van der Waals surface area (Å²) in [5, 5.41) is 9.24.